The Morgan fingerprint density at radius 3 is 3.12 bits per heavy atom. The van der Waals surface area contributed by atoms with E-state index in [2.05, 4.69) is 22.0 Å². The summed E-state index contributed by atoms with van der Waals surface area (Å²) in [5.74, 6) is 0.0497. The van der Waals surface area contributed by atoms with Crippen LogP contribution in [0.15, 0.2) is 23.5 Å². The molecule has 5 heteroatoms. The molecule has 2 heterocycles. The molecule has 0 amide bonds. The molecule has 0 aromatic carbocycles. The highest BCUT2D eigenvalue weighted by Crippen LogP contribution is 2.25. The predicted octanol–water partition coefficient (Wildman–Crippen LogP) is 1.16. The molecule has 0 bridgehead atoms. The lowest BCUT2D eigenvalue weighted by atomic mass is 10.2. The molecular formula is C11H16N4O. The summed E-state index contributed by atoms with van der Waals surface area (Å²) < 4.78 is 0. The maximum atomic E-state index is 8.61. The number of nitrogens with two attached hydrogens (primary N) is 1. The van der Waals surface area contributed by atoms with E-state index in [1.165, 1.54) is 12.8 Å². The van der Waals surface area contributed by atoms with Crippen LogP contribution in [0.1, 0.15) is 25.5 Å². The van der Waals surface area contributed by atoms with Gasteiger partial charge < -0.3 is 15.8 Å². The molecule has 86 valence electrons. The van der Waals surface area contributed by atoms with Gasteiger partial charge in [-0.25, -0.2) is 0 Å². The van der Waals surface area contributed by atoms with Crippen LogP contribution in [0, 0.1) is 0 Å². The lowest BCUT2D eigenvalue weighted by molar-refractivity contribution is 0.318. The number of hydrogen-bond acceptors (Lipinski definition) is 4. The van der Waals surface area contributed by atoms with Crippen LogP contribution in [0.25, 0.3) is 0 Å². The van der Waals surface area contributed by atoms with Crippen molar-refractivity contribution in [3.63, 3.8) is 0 Å². The van der Waals surface area contributed by atoms with Crippen molar-refractivity contribution in [2.24, 2.45) is 10.9 Å². The highest BCUT2D eigenvalue weighted by Gasteiger charge is 2.20. The number of pyridine rings is 1. The largest absolute Gasteiger partial charge is 0.409 e. The van der Waals surface area contributed by atoms with Gasteiger partial charge in [-0.3, -0.25) is 4.98 Å². The highest BCUT2D eigenvalue weighted by molar-refractivity contribution is 5.95. The molecule has 1 unspecified atom stereocenters. The molecule has 16 heavy (non-hydrogen) atoms. The van der Waals surface area contributed by atoms with Crippen LogP contribution < -0.4 is 10.6 Å². The second-order valence-electron chi connectivity index (χ2n) is 4.07. The lowest BCUT2D eigenvalue weighted by Gasteiger charge is -2.23. The average molecular weight is 220 g/mol. The van der Waals surface area contributed by atoms with Gasteiger partial charge in [0.25, 0.3) is 0 Å². The number of amidine groups is 1. The van der Waals surface area contributed by atoms with Gasteiger partial charge in [0.05, 0.1) is 0 Å². The Hall–Kier alpha value is -1.78. The van der Waals surface area contributed by atoms with Gasteiger partial charge in [-0.2, -0.15) is 0 Å². The van der Waals surface area contributed by atoms with E-state index in [0.29, 0.717) is 11.7 Å². The predicted molar refractivity (Wildman–Crippen MR) is 62.8 cm³/mol. The second kappa shape index (κ2) is 4.38. The zero-order valence-corrected chi connectivity index (χ0v) is 9.30. The van der Waals surface area contributed by atoms with Crippen LogP contribution >= 0.6 is 0 Å². The summed E-state index contributed by atoms with van der Waals surface area (Å²) in [6, 6.07) is 4.36. The molecule has 1 aliphatic rings. The second-order valence-corrected chi connectivity index (χ2v) is 4.07. The van der Waals surface area contributed by atoms with Crippen molar-refractivity contribution in [1.82, 2.24) is 4.98 Å². The fraction of sp³-hybridized carbons (Fsp3) is 0.455. The van der Waals surface area contributed by atoms with Crippen LogP contribution in [-0.2, 0) is 0 Å². The van der Waals surface area contributed by atoms with Crippen LogP contribution in [0.3, 0.4) is 0 Å². The van der Waals surface area contributed by atoms with E-state index in [1.807, 2.05) is 12.1 Å². The summed E-state index contributed by atoms with van der Waals surface area (Å²) in [5, 5.41) is 11.6. The Labute approximate surface area is 94.6 Å². The molecule has 1 fully saturated rings. The van der Waals surface area contributed by atoms with Crippen LogP contribution in [-0.4, -0.2) is 28.6 Å². The maximum Gasteiger partial charge on any atom is 0.188 e. The molecule has 1 aliphatic heterocycles. The van der Waals surface area contributed by atoms with Gasteiger partial charge in [0, 0.05) is 24.5 Å². The molecule has 1 atom stereocenters. The first kappa shape index (κ1) is 10.7. The minimum absolute atomic E-state index is 0.0497. The van der Waals surface area contributed by atoms with E-state index in [-0.39, 0.29) is 5.84 Å². The fourth-order valence-corrected chi connectivity index (χ4v) is 2.11. The van der Waals surface area contributed by atoms with E-state index >= 15 is 0 Å². The molecular weight excluding hydrogens is 204 g/mol. The molecule has 0 aliphatic carbocycles. The van der Waals surface area contributed by atoms with Crippen LogP contribution in [0.5, 0.6) is 0 Å². The summed E-state index contributed by atoms with van der Waals surface area (Å²) in [6.07, 6.45) is 4.11. The molecule has 0 radical (unpaired) electrons. The zero-order valence-electron chi connectivity index (χ0n) is 9.30. The van der Waals surface area contributed by atoms with Gasteiger partial charge >= 0.3 is 0 Å². The van der Waals surface area contributed by atoms with Gasteiger partial charge in [-0.15, -0.1) is 0 Å². The molecule has 2 rings (SSSR count). The number of rotatable bonds is 2. The fourth-order valence-electron chi connectivity index (χ4n) is 2.11. The molecule has 0 saturated carbocycles. The van der Waals surface area contributed by atoms with Gasteiger partial charge in [0.1, 0.15) is 5.69 Å². The Kier molecular flexibility index (Phi) is 2.94. The maximum absolute atomic E-state index is 8.61. The monoisotopic (exact) mass is 220 g/mol. The summed E-state index contributed by atoms with van der Waals surface area (Å²) in [4.78, 5) is 6.38. The van der Waals surface area contributed by atoms with Gasteiger partial charge in [0.2, 0.25) is 0 Å². The van der Waals surface area contributed by atoms with E-state index in [4.69, 9.17) is 10.9 Å². The third-order valence-corrected chi connectivity index (χ3v) is 3.00. The molecule has 5 nitrogen and oxygen atoms in total. The Balaban J connectivity index is 2.28. The number of nitrogens with zero attached hydrogens (tertiary/aromatic N) is 3. The minimum atomic E-state index is 0.0497. The Morgan fingerprint density at radius 1 is 1.69 bits per heavy atom. The van der Waals surface area contributed by atoms with Crippen LogP contribution in [0.2, 0.25) is 0 Å². The Bertz CT molecular complexity index is 405. The number of hydrogen-bond donors (Lipinski definition) is 2. The summed E-state index contributed by atoms with van der Waals surface area (Å²) in [7, 11) is 0. The lowest BCUT2D eigenvalue weighted by Crippen LogP contribution is -2.27. The van der Waals surface area contributed by atoms with Gasteiger partial charge in [-0.1, -0.05) is 5.16 Å². The SMILES string of the molecule is CC1CCCN1c1ccnc(C(N)=NO)c1. The van der Waals surface area contributed by atoms with Gasteiger partial charge in [0.15, 0.2) is 5.84 Å². The number of aromatic nitrogens is 1. The smallest absolute Gasteiger partial charge is 0.188 e. The van der Waals surface area contributed by atoms with Gasteiger partial charge in [-0.05, 0) is 31.9 Å². The summed E-state index contributed by atoms with van der Waals surface area (Å²) >= 11 is 0. The summed E-state index contributed by atoms with van der Waals surface area (Å²) in [6.45, 7) is 3.26. The third-order valence-electron chi connectivity index (χ3n) is 3.00. The number of oxime groups is 1. The first-order valence-electron chi connectivity index (χ1n) is 5.43. The van der Waals surface area contributed by atoms with E-state index in [9.17, 15) is 0 Å². The first-order chi connectivity index (χ1) is 7.72. The topological polar surface area (TPSA) is 74.7 Å². The molecule has 3 N–H and O–H groups in total. The van der Waals surface area contributed by atoms with Crippen molar-refractivity contribution in [2.75, 3.05) is 11.4 Å². The minimum Gasteiger partial charge on any atom is -0.409 e. The average Bonchev–Trinajstić information content (AvgIpc) is 2.74. The molecule has 0 spiro atoms. The van der Waals surface area contributed by atoms with Crippen molar-refractivity contribution in [1.29, 1.82) is 0 Å². The molecule has 1 saturated heterocycles. The normalized spacial score (nSPS) is 21.4. The summed E-state index contributed by atoms with van der Waals surface area (Å²) in [5.41, 5.74) is 7.11. The van der Waals surface area contributed by atoms with Crippen LogP contribution in [0.4, 0.5) is 5.69 Å². The molecule has 1 aromatic rings. The zero-order chi connectivity index (χ0) is 11.5. The number of anilines is 1. The van der Waals surface area contributed by atoms with E-state index in [1.54, 1.807) is 6.20 Å². The first-order valence-corrected chi connectivity index (χ1v) is 5.43. The van der Waals surface area contributed by atoms with Crippen molar-refractivity contribution < 1.29 is 5.21 Å². The van der Waals surface area contributed by atoms with Crippen molar-refractivity contribution in [3.05, 3.63) is 24.0 Å². The van der Waals surface area contributed by atoms with E-state index in [0.717, 1.165) is 12.2 Å². The highest BCUT2D eigenvalue weighted by atomic mass is 16.4. The van der Waals surface area contributed by atoms with E-state index < -0.39 is 0 Å². The Morgan fingerprint density at radius 2 is 2.50 bits per heavy atom. The standard InChI is InChI=1S/C11H16N4O/c1-8-3-2-6-15(8)9-4-5-13-10(7-9)11(12)14-16/h4-5,7-8,16H,2-3,6H2,1H3,(H2,12,14). The third kappa shape index (κ3) is 1.93. The van der Waals surface area contributed by atoms with Crippen molar-refractivity contribution in [2.45, 2.75) is 25.8 Å². The quantitative estimate of drug-likeness (QED) is 0.339. The molecule has 1 aromatic heterocycles. The van der Waals surface area contributed by atoms with Crippen molar-refractivity contribution in [3.8, 4) is 0 Å². The van der Waals surface area contributed by atoms with Crippen molar-refractivity contribution >= 4 is 11.5 Å².